The summed E-state index contributed by atoms with van der Waals surface area (Å²) < 4.78 is 5.53. The number of amides is 1. The molecular formula is C18H22N2O2. The molecule has 4 heteroatoms. The van der Waals surface area contributed by atoms with E-state index in [1.165, 1.54) is 0 Å². The Hall–Kier alpha value is -2.20. The van der Waals surface area contributed by atoms with E-state index in [-0.39, 0.29) is 5.91 Å². The molecule has 0 radical (unpaired) electrons. The van der Waals surface area contributed by atoms with Gasteiger partial charge in [0.05, 0.1) is 24.4 Å². The van der Waals surface area contributed by atoms with Crippen LogP contribution in [-0.4, -0.2) is 17.5 Å². The molecule has 116 valence electrons. The summed E-state index contributed by atoms with van der Waals surface area (Å²) in [6.45, 7) is 4.81. The molecule has 0 spiro atoms. The lowest BCUT2D eigenvalue weighted by atomic mass is 9.99. The molecule has 1 heterocycles. The molecule has 0 fully saturated rings. The van der Waals surface area contributed by atoms with Crippen molar-refractivity contribution < 1.29 is 9.53 Å². The average Bonchev–Trinajstić information content (AvgIpc) is 2.53. The molecule has 0 aliphatic rings. The monoisotopic (exact) mass is 298 g/mol. The summed E-state index contributed by atoms with van der Waals surface area (Å²) in [6.07, 6.45) is 2.06. The largest absolute Gasteiger partial charge is 0.376 e. The van der Waals surface area contributed by atoms with E-state index in [1.54, 1.807) is 6.20 Å². The van der Waals surface area contributed by atoms with Gasteiger partial charge in [0.2, 0.25) is 5.91 Å². The van der Waals surface area contributed by atoms with Crippen LogP contribution in [0, 0.1) is 0 Å². The zero-order valence-electron chi connectivity index (χ0n) is 13.1. The first-order valence-electron chi connectivity index (χ1n) is 7.42. The van der Waals surface area contributed by atoms with Crippen LogP contribution >= 0.6 is 0 Å². The van der Waals surface area contributed by atoms with Crippen LogP contribution in [0.5, 0.6) is 0 Å². The average molecular weight is 298 g/mol. The second-order valence-corrected chi connectivity index (χ2v) is 5.68. The Balaban J connectivity index is 1.74. The maximum atomic E-state index is 12.0. The quantitative estimate of drug-likeness (QED) is 0.799. The fourth-order valence-corrected chi connectivity index (χ4v) is 2.14. The SMILES string of the molecule is CC(C)(NC(=O)CCOCc1ccccc1)c1ccccn1. The Morgan fingerprint density at radius 3 is 2.55 bits per heavy atom. The predicted octanol–water partition coefficient (Wildman–Crippen LogP) is 3.04. The maximum absolute atomic E-state index is 12.0. The third kappa shape index (κ3) is 4.97. The number of hydrogen-bond acceptors (Lipinski definition) is 3. The van der Waals surface area contributed by atoms with Crippen LogP contribution in [0.3, 0.4) is 0 Å². The molecule has 0 saturated heterocycles. The van der Waals surface area contributed by atoms with Gasteiger partial charge in [0.1, 0.15) is 0 Å². The van der Waals surface area contributed by atoms with Crippen LogP contribution < -0.4 is 5.32 Å². The van der Waals surface area contributed by atoms with Crippen LogP contribution in [0.2, 0.25) is 0 Å². The lowest BCUT2D eigenvalue weighted by Gasteiger charge is -2.25. The molecule has 0 aliphatic heterocycles. The first-order valence-corrected chi connectivity index (χ1v) is 7.42. The minimum atomic E-state index is -0.488. The summed E-state index contributed by atoms with van der Waals surface area (Å²) in [4.78, 5) is 16.3. The molecule has 1 amide bonds. The van der Waals surface area contributed by atoms with Crippen LogP contribution in [0.1, 0.15) is 31.5 Å². The number of pyridine rings is 1. The molecule has 0 unspecified atom stereocenters. The van der Waals surface area contributed by atoms with Crippen molar-refractivity contribution in [2.75, 3.05) is 6.61 Å². The van der Waals surface area contributed by atoms with Gasteiger partial charge < -0.3 is 10.1 Å². The highest BCUT2D eigenvalue weighted by Crippen LogP contribution is 2.17. The van der Waals surface area contributed by atoms with Gasteiger partial charge in [-0.1, -0.05) is 36.4 Å². The van der Waals surface area contributed by atoms with Gasteiger partial charge in [-0.2, -0.15) is 0 Å². The molecule has 22 heavy (non-hydrogen) atoms. The first kappa shape index (κ1) is 16.2. The van der Waals surface area contributed by atoms with Crippen molar-refractivity contribution in [1.82, 2.24) is 10.3 Å². The van der Waals surface area contributed by atoms with Crippen molar-refractivity contribution in [3.63, 3.8) is 0 Å². The highest BCUT2D eigenvalue weighted by molar-refractivity contribution is 5.76. The van der Waals surface area contributed by atoms with E-state index in [0.717, 1.165) is 11.3 Å². The lowest BCUT2D eigenvalue weighted by Crippen LogP contribution is -2.41. The number of nitrogens with zero attached hydrogens (tertiary/aromatic N) is 1. The molecule has 0 bridgehead atoms. The fourth-order valence-electron chi connectivity index (χ4n) is 2.14. The summed E-state index contributed by atoms with van der Waals surface area (Å²) in [5, 5.41) is 2.99. The number of carbonyl (C=O) groups is 1. The van der Waals surface area contributed by atoms with Gasteiger partial charge in [0, 0.05) is 12.6 Å². The molecule has 1 aromatic heterocycles. The van der Waals surface area contributed by atoms with Crippen molar-refractivity contribution in [2.24, 2.45) is 0 Å². The van der Waals surface area contributed by atoms with Gasteiger partial charge in [-0.25, -0.2) is 0 Å². The molecule has 4 nitrogen and oxygen atoms in total. The highest BCUT2D eigenvalue weighted by Gasteiger charge is 2.23. The van der Waals surface area contributed by atoms with Crippen molar-refractivity contribution in [2.45, 2.75) is 32.4 Å². The molecule has 0 saturated carbocycles. The van der Waals surface area contributed by atoms with Crippen molar-refractivity contribution in [3.05, 3.63) is 66.0 Å². The Morgan fingerprint density at radius 2 is 1.86 bits per heavy atom. The van der Waals surface area contributed by atoms with E-state index < -0.39 is 5.54 Å². The zero-order chi connectivity index (χ0) is 15.8. The molecule has 2 aromatic rings. The Bertz CT molecular complexity index is 583. The van der Waals surface area contributed by atoms with Crippen LogP contribution in [0.4, 0.5) is 0 Å². The van der Waals surface area contributed by atoms with E-state index in [0.29, 0.717) is 19.6 Å². The zero-order valence-corrected chi connectivity index (χ0v) is 13.1. The number of benzene rings is 1. The van der Waals surface area contributed by atoms with E-state index in [2.05, 4.69) is 10.3 Å². The number of aromatic nitrogens is 1. The summed E-state index contributed by atoms with van der Waals surface area (Å²) >= 11 is 0. The normalized spacial score (nSPS) is 11.2. The van der Waals surface area contributed by atoms with Crippen LogP contribution in [0.15, 0.2) is 54.7 Å². The minimum Gasteiger partial charge on any atom is -0.376 e. The smallest absolute Gasteiger partial charge is 0.223 e. The molecule has 0 aliphatic carbocycles. The third-order valence-corrected chi connectivity index (χ3v) is 3.34. The summed E-state index contributed by atoms with van der Waals surface area (Å²) in [5.74, 6) is -0.0382. The number of ether oxygens (including phenoxy) is 1. The number of carbonyl (C=O) groups excluding carboxylic acids is 1. The standard InChI is InChI=1S/C18H22N2O2/c1-18(2,16-10-6-7-12-19-16)20-17(21)11-13-22-14-15-8-4-3-5-9-15/h3-10,12H,11,13-14H2,1-2H3,(H,20,21). The molecule has 2 rings (SSSR count). The molecular weight excluding hydrogens is 276 g/mol. The van der Waals surface area contributed by atoms with Gasteiger partial charge in [0.25, 0.3) is 0 Å². The maximum Gasteiger partial charge on any atom is 0.223 e. The van der Waals surface area contributed by atoms with Gasteiger partial charge in [-0.15, -0.1) is 0 Å². The van der Waals surface area contributed by atoms with Gasteiger partial charge in [-0.05, 0) is 31.5 Å². The summed E-state index contributed by atoms with van der Waals surface area (Å²) in [5.41, 5.74) is 1.46. The van der Waals surface area contributed by atoms with E-state index in [1.807, 2.05) is 62.4 Å². The first-order chi connectivity index (χ1) is 10.6. The van der Waals surface area contributed by atoms with Crippen LogP contribution in [0.25, 0.3) is 0 Å². The Labute approximate surface area is 131 Å². The third-order valence-electron chi connectivity index (χ3n) is 3.34. The second-order valence-electron chi connectivity index (χ2n) is 5.68. The number of rotatable bonds is 7. The lowest BCUT2D eigenvalue weighted by molar-refractivity contribution is -0.124. The van der Waals surface area contributed by atoms with Crippen LogP contribution in [-0.2, 0) is 21.7 Å². The Kier molecular flexibility index (Phi) is 5.67. The predicted molar refractivity (Wildman–Crippen MR) is 86.1 cm³/mol. The number of nitrogens with one attached hydrogen (secondary N) is 1. The minimum absolute atomic E-state index is 0.0382. The van der Waals surface area contributed by atoms with Crippen molar-refractivity contribution >= 4 is 5.91 Å². The topological polar surface area (TPSA) is 51.2 Å². The van der Waals surface area contributed by atoms with Crippen molar-refractivity contribution in [3.8, 4) is 0 Å². The molecule has 0 atom stereocenters. The van der Waals surface area contributed by atoms with Gasteiger partial charge in [0.15, 0.2) is 0 Å². The fraction of sp³-hybridized carbons (Fsp3) is 0.333. The summed E-state index contributed by atoms with van der Waals surface area (Å²) in [6, 6.07) is 15.6. The van der Waals surface area contributed by atoms with E-state index in [4.69, 9.17) is 4.74 Å². The van der Waals surface area contributed by atoms with E-state index in [9.17, 15) is 4.79 Å². The van der Waals surface area contributed by atoms with Gasteiger partial charge >= 0.3 is 0 Å². The summed E-state index contributed by atoms with van der Waals surface area (Å²) in [7, 11) is 0. The highest BCUT2D eigenvalue weighted by atomic mass is 16.5. The second kappa shape index (κ2) is 7.71. The number of hydrogen-bond donors (Lipinski definition) is 1. The molecule has 1 N–H and O–H groups in total. The van der Waals surface area contributed by atoms with Gasteiger partial charge in [-0.3, -0.25) is 9.78 Å². The van der Waals surface area contributed by atoms with E-state index >= 15 is 0 Å². The van der Waals surface area contributed by atoms with Crippen molar-refractivity contribution in [1.29, 1.82) is 0 Å². The molecule has 1 aromatic carbocycles. The Morgan fingerprint density at radius 1 is 1.14 bits per heavy atom.